The lowest BCUT2D eigenvalue weighted by Gasteiger charge is -2.40. The van der Waals surface area contributed by atoms with Crippen LogP contribution >= 0.6 is 0 Å². The molecule has 0 aliphatic carbocycles. The second-order valence-electron chi connectivity index (χ2n) is 5.51. The van der Waals surface area contributed by atoms with Crippen molar-refractivity contribution in [3.63, 3.8) is 0 Å². The number of ether oxygens (including phenoxy) is 3. The van der Waals surface area contributed by atoms with E-state index in [1.54, 1.807) is 32.4 Å². The Morgan fingerprint density at radius 2 is 2.23 bits per heavy atom. The predicted octanol–water partition coefficient (Wildman–Crippen LogP) is 0.863. The molecular weight excluding hydrogens is 286 g/mol. The third-order valence-electron chi connectivity index (χ3n) is 4.16. The predicted molar refractivity (Wildman–Crippen MR) is 80.9 cm³/mol. The van der Waals surface area contributed by atoms with Gasteiger partial charge in [0.15, 0.2) is 0 Å². The number of likely N-dealkylation sites (N-methyl/N-ethyl adjacent to an activating group) is 1. The van der Waals surface area contributed by atoms with Gasteiger partial charge in [-0.1, -0.05) is 13.3 Å². The maximum atomic E-state index is 12.8. The smallest absolute Gasteiger partial charge is 0.257 e. The van der Waals surface area contributed by atoms with Crippen LogP contribution in [0.4, 0.5) is 0 Å². The third kappa shape index (κ3) is 3.31. The monoisotopic (exact) mass is 311 g/mol. The number of aryl methyl sites for hydroxylation is 1. The number of aromatic amines is 1. The summed E-state index contributed by atoms with van der Waals surface area (Å²) in [4.78, 5) is 14.4. The van der Waals surface area contributed by atoms with E-state index in [9.17, 15) is 4.79 Å². The summed E-state index contributed by atoms with van der Waals surface area (Å²) in [5.41, 5.74) is 1.48. The van der Waals surface area contributed by atoms with Crippen LogP contribution in [0.2, 0.25) is 0 Å². The van der Waals surface area contributed by atoms with E-state index in [4.69, 9.17) is 14.2 Å². The number of aromatic nitrogens is 2. The van der Waals surface area contributed by atoms with E-state index < -0.39 is 0 Å². The Morgan fingerprint density at radius 1 is 1.45 bits per heavy atom. The quantitative estimate of drug-likeness (QED) is 0.843. The first-order valence-electron chi connectivity index (χ1n) is 7.56. The van der Waals surface area contributed by atoms with Crippen molar-refractivity contribution in [2.75, 3.05) is 34.5 Å². The highest BCUT2D eigenvalue weighted by Crippen LogP contribution is 2.21. The minimum absolute atomic E-state index is 0.0791. The van der Waals surface area contributed by atoms with E-state index in [-0.39, 0.29) is 24.2 Å². The molecule has 0 saturated carbocycles. The van der Waals surface area contributed by atoms with Gasteiger partial charge in [0, 0.05) is 27.0 Å². The van der Waals surface area contributed by atoms with Gasteiger partial charge in [-0.25, -0.2) is 0 Å². The Kier molecular flexibility index (Phi) is 5.93. The van der Waals surface area contributed by atoms with Crippen molar-refractivity contribution < 1.29 is 19.0 Å². The Balaban J connectivity index is 2.16. The summed E-state index contributed by atoms with van der Waals surface area (Å²) < 4.78 is 16.5. The number of nitrogens with one attached hydrogen (secondary N) is 1. The van der Waals surface area contributed by atoms with Crippen LogP contribution in [0.25, 0.3) is 0 Å². The number of nitrogens with zero attached hydrogens (tertiary/aromatic N) is 2. The molecule has 3 atom stereocenters. The fourth-order valence-electron chi connectivity index (χ4n) is 2.86. The molecule has 22 heavy (non-hydrogen) atoms. The van der Waals surface area contributed by atoms with Crippen LogP contribution in [-0.4, -0.2) is 73.7 Å². The van der Waals surface area contributed by atoms with E-state index >= 15 is 0 Å². The zero-order valence-corrected chi connectivity index (χ0v) is 13.7. The van der Waals surface area contributed by atoms with E-state index in [2.05, 4.69) is 17.1 Å². The molecule has 1 aliphatic heterocycles. The largest absolute Gasteiger partial charge is 0.376 e. The van der Waals surface area contributed by atoms with Gasteiger partial charge in [-0.2, -0.15) is 5.10 Å². The van der Waals surface area contributed by atoms with E-state index in [0.29, 0.717) is 18.8 Å². The van der Waals surface area contributed by atoms with Gasteiger partial charge in [0.25, 0.3) is 5.91 Å². The van der Waals surface area contributed by atoms with Gasteiger partial charge in [-0.3, -0.25) is 9.89 Å². The Hall–Kier alpha value is -1.44. The first kappa shape index (κ1) is 16.9. The van der Waals surface area contributed by atoms with Gasteiger partial charge in [0.2, 0.25) is 0 Å². The van der Waals surface area contributed by atoms with Crippen molar-refractivity contribution in [2.45, 2.75) is 38.0 Å². The maximum absolute atomic E-state index is 12.8. The molecule has 124 valence electrons. The molecule has 0 bridgehead atoms. The number of hydrogen-bond acceptors (Lipinski definition) is 5. The SMILES string of the molecule is CCCc1[nH]ncc1C(=O)N(C)[C@@H]1COC[C@@H](OC)[C@H]1OC. The maximum Gasteiger partial charge on any atom is 0.257 e. The van der Waals surface area contributed by atoms with Crippen molar-refractivity contribution in [3.05, 3.63) is 17.5 Å². The molecule has 1 saturated heterocycles. The second kappa shape index (κ2) is 7.71. The molecule has 1 amide bonds. The number of carbonyl (C=O) groups is 1. The first-order valence-corrected chi connectivity index (χ1v) is 7.56. The summed E-state index contributed by atoms with van der Waals surface area (Å²) in [6.45, 7) is 2.97. The molecule has 0 spiro atoms. The highest BCUT2D eigenvalue weighted by molar-refractivity contribution is 5.95. The van der Waals surface area contributed by atoms with Crippen LogP contribution in [0, 0.1) is 0 Å². The summed E-state index contributed by atoms with van der Waals surface area (Å²) in [5.74, 6) is -0.0791. The summed E-state index contributed by atoms with van der Waals surface area (Å²) in [6.07, 6.45) is 2.94. The van der Waals surface area contributed by atoms with Crippen LogP contribution in [-0.2, 0) is 20.6 Å². The number of amides is 1. The number of methoxy groups -OCH3 is 2. The van der Waals surface area contributed by atoms with Crippen LogP contribution in [0.5, 0.6) is 0 Å². The average molecular weight is 311 g/mol. The first-order chi connectivity index (χ1) is 10.6. The fourth-order valence-corrected chi connectivity index (χ4v) is 2.86. The summed E-state index contributed by atoms with van der Waals surface area (Å²) in [6, 6.07) is -0.194. The topological polar surface area (TPSA) is 76.7 Å². The normalized spacial score (nSPS) is 25.2. The number of carbonyl (C=O) groups excluding carboxylic acids is 1. The molecule has 1 fully saturated rings. The van der Waals surface area contributed by atoms with Crippen molar-refractivity contribution in [1.82, 2.24) is 15.1 Å². The van der Waals surface area contributed by atoms with Crippen molar-refractivity contribution in [3.8, 4) is 0 Å². The standard InChI is InChI=1S/C15H25N3O4/c1-5-6-11-10(7-16-17-11)15(19)18(2)12-8-22-9-13(20-3)14(12)21-4/h7,12-14H,5-6,8-9H2,1-4H3,(H,16,17)/t12-,13-,14+/m1/s1. The zero-order chi connectivity index (χ0) is 16.1. The van der Waals surface area contributed by atoms with Crippen LogP contribution < -0.4 is 0 Å². The van der Waals surface area contributed by atoms with Gasteiger partial charge >= 0.3 is 0 Å². The second-order valence-corrected chi connectivity index (χ2v) is 5.51. The number of rotatable bonds is 6. The van der Waals surface area contributed by atoms with Gasteiger partial charge in [0.05, 0.1) is 31.0 Å². The van der Waals surface area contributed by atoms with Crippen molar-refractivity contribution >= 4 is 5.91 Å². The lowest BCUT2D eigenvalue weighted by molar-refractivity contribution is -0.147. The van der Waals surface area contributed by atoms with Crippen molar-refractivity contribution in [1.29, 1.82) is 0 Å². The Morgan fingerprint density at radius 3 is 2.86 bits per heavy atom. The molecule has 7 nitrogen and oxygen atoms in total. The molecule has 1 N–H and O–H groups in total. The third-order valence-corrected chi connectivity index (χ3v) is 4.16. The highest BCUT2D eigenvalue weighted by Gasteiger charge is 2.39. The minimum Gasteiger partial charge on any atom is -0.376 e. The van der Waals surface area contributed by atoms with E-state index in [0.717, 1.165) is 18.5 Å². The minimum atomic E-state index is -0.214. The molecule has 2 rings (SSSR count). The highest BCUT2D eigenvalue weighted by atomic mass is 16.6. The molecule has 7 heteroatoms. The molecule has 0 unspecified atom stereocenters. The van der Waals surface area contributed by atoms with Crippen LogP contribution in [0.1, 0.15) is 29.4 Å². The fraction of sp³-hybridized carbons (Fsp3) is 0.733. The zero-order valence-electron chi connectivity index (χ0n) is 13.7. The molecule has 2 heterocycles. The lowest BCUT2D eigenvalue weighted by Crippen LogP contribution is -2.57. The van der Waals surface area contributed by atoms with Gasteiger partial charge in [-0.15, -0.1) is 0 Å². The van der Waals surface area contributed by atoms with E-state index in [1.165, 1.54) is 0 Å². The van der Waals surface area contributed by atoms with Crippen molar-refractivity contribution in [2.24, 2.45) is 0 Å². The van der Waals surface area contributed by atoms with Gasteiger partial charge in [0.1, 0.15) is 12.2 Å². The van der Waals surface area contributed by atoms with Crippen LogP contribution in [0.15, 0.2) is 6.20 Å². The van der Waals surface area contributed by atoms with Gasteiger partial charge in [-0.05, 0) is 6.42 Å². The Bertz CT molecular complexity index is 491. The van der Waals surface area contributed by atoms with Gasteiger partial charge < -0.3 is 19.1 Å². The molecule has 0 aromatic carbocycles. The molecule has 1 aliphatic rings. The number of H-pyrrole nitrogens is 1. The summed E-state index contributed by atoms with van der Waals surface area (Å²) in [5, 5.41) is 6.91. The molecule has 1 aromatic heterocycles. The Labute approximate surface area is 130 Å². The lowest BCUT2D eigenvalue weighted by atomic mass is 10.0. The van der Waals surface area contributed by atoms with E-state index in [1.807, 2.05) is 0 Å². The number of hydrogen-bond donors (Lipinski definition) is 1. The molecule has 0 radical (unpaired) electrons. The van der Waals surface area contributed by atoms with Crippen LogP contribution in [0.3, 0.4) is 0 Å². The summed E-state index contributed by atoms with van der Waals surface area (Å²) in [7, 11) is 5.02. The average Bonchev–Trinajstić information content (AvgIpc) is 3.01. The molecular formula is C15H25N3O4. The molecule has 1 aromatic rings. The summed E-state index contributed by atoms with van der Waals surface area (Å²) >= 11 is 0.